The molecule has 8 nitrogen and oxygen atoms in total. The van der Waals surface area contributed by atoms with Crippen molar-refractivity contribution in [1.82, 2.24) is 14.8 Å². The van der Waals surface area contributed by atoms with Crippen molar-refractivity contribution in [2.24, 2.45) is 0 Å². The topological polar surface area (TPSA) is 106 Å². The van der Waals surface area contributed by atoms with Crippen LogP contribution in [0.2, 0.25) is 10.0 Å². The third kappa shape index (κ3) is 5.00. The first-order valence-corrected chi connectivity index (χ1v) is 10.3. The van der Waals surface area contributed by atoms with Crippen LogP contribution < -0.4 is 10.0 Å². The zero-order chi connectivity index (χ0) is 20.1. The predicted molar refractivity (Wildman–Crippen MR) is 107 cm³/mol. The Balaban J connectivity index is 1.75. The number of amides is 1. The highest BCUT2D eigenvalue weighted by atomic mass is 35.5. The minimum atomic E-state index is -4.01. The maximum atomic E-state index is 12.7. The van der Waals surface area contributed by atoms with Gasteiger partial charge in [0.2, 0.25) is 5.91 Å². The quantitative estimate of drug-likeness (QED) is 0.586. The molecule has 0 saturated carbocycles. The van der Waals surface area contributed by atoms with E-state index >= 15 is 0 Å². The number of nitrogens with zero attached hydrogens (tertiary/aromatic N) is 3. The van der Waals surface area contributed by atoms with Gasteiger partial charge < -0.3 is 5.32 Å². The molecule has 0 unspecified atom stereocenters. The fourth-order valence-electron chi connectivity index (χ4n) is 2.32. The number of aryl methyl sites for hydroxylation is 1. The van der Waals surface area contributed by atoms with E-state index in [2.05, 4.69) is 20.1 Å². The Morgan fingerprint density at radius 1 is 1.11 bits per heavy atom. The second kappa shape index (κ2) is 8.59. The van der Waals surface area contributed by atoms with Crippen molar-refractivity contribution in [3.05, 3.63) is 65.2 Å². The van der Waals surface area contributed by atoms with Gasteiger partial charge in [-0.2, -0.15) is 5.10 Å². The van der Waals surface area contributed by atoms with Crippen molar-refractivity contribution < 1.29 is 13.2 Å². The molecule has 146 valence electrons. The smallest absolute Gasteiger partial charge is 0.263 e. The van der Waals surface area contributed by atoms with Crippen LogP contribution in [0.1, 0.15) is 6.42 Å². The van der Waals surface area contributed by atoms with Gasteiger partial charge in [-0.1, -0.05) is 35.3 Å². The summed E-state index contributed by atoms with van der Waals surface area (Å²) in [6, 6.07) is 10.6. The van der Waals surface area contributed by atoms with E-state index in [1.54, 1.807) is 18.2 Å². The van der Waals surface area contributed by atoms with Crippen LogP contribution in [-0.4, -0.2) is 29.1 Å². The summed E-state index contributed by atoms with van der Waals surface area (Å²) < 4.78 is 29.3. The monoisotopic (exact) mass is 439 g/mol. The molecule has 0 fully saturated rings. The Bertz CT molecular complexity index is 1090. The average Bonchev–Trinajstić information content (AvgIpc) is 3.17. The van der Waals surface area contributed by atoms with Gasteiger partial charge in [-0.3, -0.25) is 14.2 Å². The Morgan fingerprint density at radius 3 is 2.61 bits per heavy atom. The number of rotatable bonds is 7. The molecule has 1 aromatic heterocycles. The molecule has 3 rings (SSSR count). The molecule has 0 saturated heterocycles. The fourth-order valence-corrected chi connectivity index (χ4v) is 4.16. The van der Waals surface area contributed by atoms with Crippen molar-refractivity contribution in [1.29, 1.82) is 0 Å². The number of nitrogens with one attached hydrogen (secondary N) is 2. The van der Waals surface area contributed by atoms with Crippen molar-refractivity contribution in [3.63, 3.8) is 0 Å². The molecule has 1 heterocycles. The van der Waals surface area contributed by atoms with Gasteiger partial charge in [0.15, 0.2) is 0 Å². The summed E-state index contributed by atoms with van der Waals surface area (Å²) in [7, 11) is -4.01. The van der Waals surface area contributed by atoms with E-state index < -0.39 is 10.0 Å². The minimum absolute atomic E-state index is 0.0140. The SMILES string of the molecule is O=C(CCn1cncn1)Nc1ccc(Cl)c(S(=O)(=O)Nc2ccccc2Cl)c1. The number of carbonyl (C=O) groups excluding carboxylic acids is 1. The first-order valence-electron chi connectivity index (χ1n) is 8.04. The molecule has 0 aliphatic rings. The van der Waals surface area contributed by atoms with E-state index in [0.717, 1.165) is 0 Å². The van der Waals surface area contributed by atoms with Crippen molar-refractivity contribution >= 4 is 50.5 Å². The van der Waals surface area contributed by atoms with Gasteiger partial charge >= 0.3 is 0 Å². The highest BCUT2D eigenvalue weighted by Gasteiger charge is 2.20. The first kappa shape index (κ1) is 20.1. The number of sulfonamides is 1. The van der Waals surface area contributed by atoms with Crippen molar-refractivity contribution in [2.45, 2.75) is 17.9 Å². The van der Waals surface area contributed by atoms with Crippen LogP contribution in [-0.2, 0) is 21.4 Å². The lowest BCUT2D eigenvalue weighted by atomic mass is 10.3. The largest absolute Gasteiger partial charge is 0.326 e. The van der Waals surface area contributed by atoms with E-state index in [0.29, 0.717) is 12.2 Å². The summed E-state index contributed by atoms with van der Waals surface area (Å²) in [6.45, 7) is 0.346. The second-order valence-electron chi connectivity index (χ2n) is 5.69. The molecular formula is C17H15Cl2N5O3S. The Labute approximate surface area is 171 Å². The molecule has 3 aromatic rings. The van der Waals surface area contributed by atoms with E-state index in [1.807, 2.05) is 0 Å². The van der Waals surface area contributed by atoms with Crippen LogP contribution in [0.3, 0.4) is 0 Å². The Morgan fingerprint density at radius 2 is 1.89 bits per heavy atom. The molecule has 2 N–H and O–H groups in total. The summed E-state index contributed by atoms with van der Waals surface area (Å²) in [5.41, 5.74) is 0.523. The Kier molecular flexibility index (Phi) is 6.18. The molecular weight excluding hydrogens is 425 g/mol. The normalized spacial score (nSPS) is 11.2. The van der Waals surface area contributed by atoms with Gasteiger partial charge in [-0.15, -0.1) is 0 Å². The van der Waals surface area contributed by atoms with Crippen molar-refractivity contribution in [3.8, 4) is 0 Å². The molecule has 11 heteroatoms. The molecule has 1 amide bonds. The van der Waals surface area contributed by atoms with Gasteiger partial charge in [0.05, 0.1) is 22.3 Å². The van der Waals surface area contributed by atoms with Gasteiger partial charge in [0.1, 0.15) is 17.6 Å². The van der Waals surface area contributed by atoms with Crippen LogP contribution in [0.4, 0.5) is 11.4 Å². The second-order valence-corrected chi connectivity index (χ2v) is 8.15. The molecule has 0 radical (unpaired) electrons. The van der Waals surface area contributed by atoms with E-state index in [9.17, 15) is 13.2 Å². The standard InChI is InChI=1S/C17H15Cl2N5O3S/c18-13-3-1-2-4-15(13)23-28(26,27)16-9-12(5-6-14(16)19)22-17(25)7-8-24-11-20-10-21-24/h1-6,9-11,23H,7-8H2,(H,22,25). The van der Waals surface area contributed by atoms with Crippen LogP contribution in [0.25, 0.3) is 0 Å². The van der Waals surface area contributed by atoms with Gasteiger partial charge in [-0.25, -0.2) is 13.4 Å². The average molecular weight is 440 g/mol. The number of carbonyl (C=O) groups is 1. The predicted octanol–water partition coefficient (Wildman–Crippen LogP) is 3.41. The first-order chi connectivity index (χ1) is 13.3. The molecule has 28 heavy (non-hydrogen) atoms. The molecule has 2 aromatic carbocycles. The molecule has 0 aliphatic carbocycles. The van der Waals surface area contributed by atoms with E-state index in [4.69, 9.17) is 23.2 Å². The number of aromatic nitrogens is 3. The Hall–Kier alpha value is -2.62. The molecule has 0 aliphatic heterocycles. The van der Waals surface area contributed by atoms with Crippen molar-refractivity contribution in [2.75, 3.05) is 10.0 Å². The molecule has 0 spiro atoms. The number of anilines is 2. The minimum Gasteiger partial charge on any atom is -0.326 e. The summed E-state index contributed by atoms with van der Waals surface area (Å²) in [5, 5.41) is 6.82. The van der Waals surface area contributed by atoms with Crippen LogP contribution in [0.5, 0.6) is 0 Å². The number of hydrogen-bond donors (Lipinski definition) is 2. The number of halogens is 2. The number of benzene rings is 2. The fraction of sp³-hybridized carbons (Fsp3) is 0.118. The van der Waals surface area contributed by atoms with Crippen LogP contribution in [0.15, 0.2) is 60.0 Å². The molecule has 0 bridgehead atoms. The zero-order valence-corrected chi connectivity index (χ0v) is 16.7. The zero-order valence-electron chi connectivity index (χ0n) is 14.3. The maximum absolute atomic E-state index is 12.7. The van der Waals surface area contributed by atoms with Gasteiger partial charge in [0, 0.05) is 12.1 Å². The van der Waals surface area contributed by atoms with E-state index in [1.165, 1.54) is 41.6 Å². The van der Waals surface area contributed by atoms with E-state index in [-0.39, 0.29) is 33.0 Å². The summed E-state index contributed by atoms with van der Waals surface area (Å²) in [4.78, 5) is 15.7. The third-order valence-electron chi connectivity index (χ3n) is 3.66. The lowest BCUT2D eigenvalue weighted by molar-refractivity contribution is -0.116. The highest BCUT2D eigenvalue weighted by Crippen LogP contribution is 2.29. The van der Waals surface area contributed by atoms with Gasteiger partial charge in [-0.05, 0) is 30.3 Å². The lowest BCUT2D eigenvalue weighted by Crippen LogP contribution is -2.17. The summed E-state index contributed by atoms with van der Waals surface area (Å²) in [6.07, 6.45) is 3.02. The number of para-hydroxylation sites is 1. The number of hydrogen-bond acceptors (Lipinski definition) is 5. The third-order valence-corrected chi connectivity index (χ3v) is 5.83. The van der Waals surface area contributed by atoms with Gasteiger partial charge in [0.25, 0.3) is 10.0 Å². The summed E-state index contributed by atoms with van der Waals surface area (Å²) in [5.74, 6) is -0.305. The molecule has 0 atom stereocenters. The van der Waals surface area contributed by atoms with Crippen LogP contribution >= 0.6 is 23.2 Å². The maximum Gasteiger partial charge on any atom is 0.263 e. The summed E-state index contributed by atoms with van der Waals surface area (Å²) >= 11 is 12.1. The van der Waals surface area contributed by atoms with Crippen LogP contribution in [0, 0.1) is 0 Å². The lowest BCUT2D eigenvalue weighted by Gasteiger charge is -2.12. The highest BCUT2D eigenvalue weighted by molar-refractivity contribution is 7.92.